The maximum Gasteiger partial charge on any atom is 0.510 e. The van der Waals surface area contributed by atoms with E-state index in [1.165, 1.54) is 6.92 Å². The molecule has 3 N–H and O–H groups in total. The molecule has 0 fully saturated rings. The van der Waals surface area contributed by atoms with E-state index in [0.717, 1.165) is 37.1 Å². The van der Waals surface area contributed by atoms with Gasteiger partial charge in [-0.2, -0.15) is 0 Å². The Morgan fingerprint density at radius 1 is 0.949 bits per heavy atom. The van der Waals surface area contributed by atoms with Crippen LogP contribution in [-0.4, -0.2) is 110 Å². The van der Waals surface area contributed by atoms with Gasteiger partial charge in [-0.1, -0.05) is 33.1 Å². The zero-order valence-electron chi connectivity index (χ0n) is 24.7. The van der Waals surface area contributed by atoms with E-state index >= 15 is 0 Å². The van der Waals surface area contributed by atoms with Crippen LogP contribution in [0.15, 0.2) is 0 Å². The van der Waals surface area contributed by atoms with Crippen molar-refractivity contribution >= 4 is 24.3 Å². The normalized spacial score (nSPS) is 15.6. The summed E-state index contributed by atoms with van der Waals surface area (Å²) in [5.74, 6) is 0.349. The number of nitrogens with one attached hydrogen (secondary N) is 2. The first kappa shape index (κ1) is 38.5. The molecule has 0 saturated carbocycles. The lowest BCUT2D eigenvalue weighted by atomic mass is 10.1. The number of unbranched alkanes of at least 4 members (excludes halogenated alkanes) is 3. The second-order valence-corrected chi connectivity index (χ2v) is 13.1. The summed E-state index contributed by atoms with van der Waals surface area (Å²) in [7, 11) is 5.26. The highest BCUT2D eigenvalue weighted by molar-refractivity contribution is 8.54. The molecule has 0 saturated heterocycles. The molecule has 0 aromatic carbocycles. The van der Waals surface area contributed by atoms with Gasteiger partial charge in [0.2, 0.25) is 6.29 Å². The smallest absolute Gasteiger partial charge is 0.434 e. The highest BCUT2D eigenvalue weighted by Gasteiger charge is 2.28. The molecule has 0 amide bonds. The highest BCUT2D eigenvalue weighted by atomic mass is 32.7. The van der Waals surface area contributed by atoms with Crippen LogP contribution in [0.2, 0.25) is 0 Å². The molecule has 4 unspecified atom stereocenters. The molecular weight excluding hydrogens is 551 g/mol. The number of ether oxygens (including phenoxy) is 6. The molecular formula is C25H53N2O10PS. The Kier molecular flexibility index (Phi) is 25.0. The highest BCUT2D eigenvalue weighted by Crippen LogP contribution is 2.57. The lowest BCUT2D eigenvalue weighted by Crippen LogP contribution is -2.32. The van der Waals surface area contributed by atoms with E-state index in [0.29, 0.717) is 58.5 Å². The van der Waals surface area contributed by atoms with Crippen LogP contribution < -0.4 is 10.6 Å². The second kappa shape index (κ2) is 25.3. The van der Waals surface area contributed by atoms with Crippen LogP contribution in [0.5, 0.6) is 0 Å². The molecule has 0 aliphatic carbocycles. The van der Waals surface area contributed by atoms with Crippen LogP contribution >= 0.6 is 18.2 Å². The van der Waals surface area contributed by atoms with Gasteiger partial charge in [-0.15, -0.1) is 0 Å². The fourth-order valence-corrected chi connectivity index (χ4v) is 6.24. The Balaban J connectivity index is 4.56. The summed E-state index contributed by atoms with van der Waals surface area (Å²) in [6, 6.07) is 0. The van der Waals surface area contributed by atoms with Crippen molar-refractivity contribution in [3.8, 4) is 0 Å². The first-order valence-electron chi connectivity index (χ1n) is 13.7. The van der Waals surface area contributed by atoms with Gasteiger partial charge in [0.05, 0.1) is 39.1 Å². The molecule has 0 aliphatic heterocycles. The summed E-state index contributed by atoms with van der Waals surface area (Å²) in [4.78, 5) is 22.4. The van der Waals surface area contributed by atoms with Gasteiger partial charge in [0.15, 0.2) is 0 Å². The van der Waals surface area contributed by atoms with E-state index < -0.39 is 19.2 Å². The minimum Gasteiger partial charge on any atom is -0.434 e. The van der Waals surface area contributed by atoms with Crippen LogP contribution in [0.4, 0.5) is 4.79 Å². The number of hydrogen-bond acceptors (Lipinski definition) is 12. The standard InChI is InChI=1S/C25H53N2O10PS/c1-7-8-9-10-11-34-24(19-33-15-14-32-13-12-31-6)21(2)18-35-25(28)36-22(3)37-38(29,30)39-20-23(16-26-4)17-27-5/h21-24,26-27H,7-20H2,1-6H3,(H,29,30). The van der Waals surface area contributed by atoms with Crippen LogP contribution in [0.25, 0.3) is 0 Å². The van der Waals surface area contributed by atoms with Crippen molar-refractivity contribution in [2.45, 2.75) is 58.8 Å². The van der Waals surface area contributed by atoms with Gasteiger partial charge in [-0.25, -0.2) is 9.36 Å². The number of methoxy groups -OCH3 is 1. The molecule has 39 heavy (non-hydrogen) atoms. The van der Waals surface area contributed by atoms with Crippen LogP contribution in [0.3, 0.4) is 0 Å². The first-order chi connectivity index (χ1) is 18.7. The molecule has 4 atom stereocenters. The Hall–Kier alpha value is -0.470. The van der Waals surface area contributed by atoms with Gasteiger partial charge in [-0.3, -0.25) is 4.52 Å². The average Bonchev–Trinajstić information content (AvgIpc) is 2.88. The third kappa shape index (κ3) is 22.9. The second-order valence-electron chi connectivity index (χ2n) is 9.22. The molecule has 0 aromatic rings. The minimum atomic E-state index is -4.03. The van der Waals surface area contributed by atoms with E-state index in [1.807, 2.05) is 21.0 Å². The van der Waals surface area contributed by atoms with Gasteiger partial charge in [0.25, 0.3) is 0 Å². The summed E-state index contributed by atoms with van der Waals surface area (Å²) in [5.41, 5.74) is 0. The predicted octanol–water partition coefficient (Wildman–Crippen LogP) is 3.67. The third-order valence-electron chi connectivity index (χ3n) is 5.52. The van der Waals surface area contributed by atoms with Crippen LogP contribution in [0, 0.1) is 11.8 Å². The average molecular weight is 605 g/mol. The number of carbonyl (C=O) groups is 1. The zero-order valence-corrected chi connectivity index (χ0v) is 26.4. The predicted molar refractivity (Wildman–Crippen MR) is 153 cm³/mol. The summed E-state index contributed by atoms with van der Waals surface area (Å²) in [6.45, 7) is 5.58. The van der Waals surface area contributed by atoms with Crippen LogP contribution in [0.1, 0.15) is 46.5 Å². The first-order valence-corrected chi connectivity index (χ1v) is 16.9. The van der Waals surface area contributed by atoms with E-state index in [9.17, 15) is 14.3 Å². The maximum atomic E-state index is 12.4. The van der Waals surface area contributed by atoms with Crippen molar-refractivity contribution in [2.24, 2.45) is 11.8 Å². The molecule has 12 nitrogen and oxygen atoms in total. The molecule has 0 aromatic heterocycles. The SMILES string of the molecule is CCCCCCOC(COCCOCCOC)C(C)COC(=O)OC(C)OP(=O)(O)SCC(CNC)CNC. The van der Waals surface area contributed by atoms with E-state index in [4.69, 9.17) is 32.9 Å². The topological polar surface area (TPSA) is 143 Å². The molecule has 0 spiro atoms. The van der Waals surface area contributed by atoms with Crippen LogP contribution in [-0.2, 0) is 37.5 Å². The molecule has 0 rings (SSSR count). The fourth-order valence-electron chi connectivity index (χ4n) is 3.38. The van der Waals surface area contributed by atoms with Gasteiger partial charge in [-0.05, 0) is 57.8 Å². The lowest BCUT2D eigenvalue weighted by molar-refractivity contribution is -0.0815. The molecule has 234 valence electrons. The largest absolute Gasteiger partial charge is 0.510 e. The zero-order chi connectivity index (χ0) is 29.4. The third-order valence-corrected chi connectivity index (χ3v) is 8.71. The minimum absolute atomic E-state index is 0.0279. The summed E-state index contributed by atoms with van der Waals surface area (Å²) >= 11 is 0.803. The Labute approximate surface area is 239 Å². The number of carbonyl (C=O) groups excluding carboxylic acids is 1. The van der Waals surface area contributed by atoms with Crippen molar-refractivity contribution in [1.82, 2.24) is 10.6 Å². The van der Waals surface area contributed by atoms with Gasteiger partial charge < -0.3 is 43.9 Å². The molecule has 14 heteroatoms. The van der Waals surface area contributed by atoms with Crippen molar-refractivity contribution in [3.05, 3.63) is 0 Å². The van der Waals surface area contributed by atoms with Gasteiger partial charge in [0, 0.05) is 25.4 Å². The van der Waals surface area contributed by atoms with E-state index in [2.05, 4.69) is 17.6 Å². The summed E-state index contributed by atoms with van der Waals surface area (Å²) in [6.07, 6.45) is 1.79. The van der Waals surface area contributed by atoms with Gasteiger partial charge >= 0.3 is 13.0 Å². The molecule has 0 heterocycles. The fraction of sp³-hybridized carbons (Fsp3) is 0.960. The number of rotatable bonds is 27. The van der Waals surface area contributed by atoms with Crippen molar-refractivity contribution < 1.29 is 47.2 Å². The Morgan fingerprint density at radius 3 is 2.26 bits per heavy atom. The van der Waals surface area contributed by atoms with Gasteiger partial charge in [0.1, 0.15) is 6.61 Å². The van der Waals surface area contributed by atoms with Crippen molar-refractivity contribution in [3.63, 3.8) is 0 Å². The maximum absolute atomic E-state index is 12.4. The number of hydrogen-bond donors (Lipinski definition) is 3. The van der Waals surface area contributed by atoms with Crippen molar-refractivity contribution in [1.29, 1.82) is 0 Å². The molecule has 0 bridgehead atoms. The lowest BCUT2D eigenvalue weighted by Gasteiger charge is -2.24. The molecule has 0 aliphatic rings. The molecule has 0 radical (unpaired) electrons. The summed E-state index contributed by atoms with van der Waals surface area (Å²) in [5, 5.41) is 6.10. The summed E-state index contributed by atoms with van der Waals surface area (Å²) < 4.78 is 49.9. The van der Waals surface area contributed by atoms with Crippen molar-refractivity contribution in [2.75, 3.05) is 86.3 Å². The monoisotopic (exact) mass is 604 g/mol. The van der Waals surface area contributed by atoms with E-state index in [-0.39, 0.29) is 24.5 Å². The quantitative estimate of drug-likeness (QED) is 0.0543. The van der Waals surface area contributed by atoms with E-state index in [1.54, 1.807) is 7.11 Å². The Morgan fingerprint density at radius 2 is 1.62 bits per heavy atom. The Bertz CT molecular complexity index is 632.